The molecule has 1 nitrogen and oxygen atoms in total. The van der Waals surface area contributed by atoms with Crippen LogP contribution in [0.1, 0.15) is 44.9 Å². The summed E-state index contributed by atoms with van der Waals surface area (Å²) in [5.41, 5.74) is 5.92. The molecule has 0 aromatic rings. The first-order valence-corrected chi connectivity index (χ1v) is 5.93. The molecule has 66 valence electrons. The van der Waals surface area contributed by atoms with Gasteiger partial charge in [-0.15, -0.1) is 0 Å². The van der Waals surface area contributed by atoms with Crippen LogP contribution in [-0.4, -0.2) is 9.97 Å². The van der Waals surface area contributed by atoms with Gasteiger partial charge in [-0.3, -0.25) is 0 Å². The summed E-state index contributed by atoms with van der Waals surface area (Å²) in [5, 5.41) is 0. The Kier molecular flexibility index (Phi) is 4.76. The molecular weight excluding hydrogens is 249 g/mol. The molecule has 1 rings (SSSR count). The van der Waals surface area contributed by atoms with Crippen LogP contribution in [0, 0.1) is 0 Å². The molecule has 0 aliphatic heterocycles. The van der Waals surface area contributed by atoms with Crippen LogP contribution >= 0.6 is 22.6 Å². The average molecular weight is 267 g/mol. The second kappa shape index (κ2) is 5.36. The van der Waals surface area contributed by atoms with E-state index in [9.17, 15) is 0 Å². The quantitative estimate of drug-likeness (QED) is 0.530. The number of rotatable bonds is 0. The van der Waals surface area contributed by atoms with Crippen LogP contribution in [0.15, 0.2) is 0 Å². The Morgan fingerprint density at radius 3 is 2.27 bits per heavy atom. The topological polar surface area (TPSA) is 26.0 Å². The van der Waals surface area contributed by atoms with Gasteiger partial charge in [-0.25, -0.2) is 0 Å². The second-order valence-corrected chi connectivity index (χ2v) is 5.33. The van der Waals surface area contributed by atoms with Crippen molar-refractivity contribution in [1.82, 2.24) is 0 Å². The molecule has 1 aliphatic carbocycles. The summed E-state index contributed by atoms with van der Waals surface area (Å²) in [6.45, 7) is 0. The molecule has 2 atom stereocenters. The number of hydrogen-bond donors (Lipinski definition) is 1. The molecule has 2 heteroatoms. The van der Waals surface area contributed by atoms with Crippen LogP contribution in [0.3, 0.4) is 0 Å². The Morgan fingerprint density at radius 1 is 0.909 bits per heavy atom. The van der Waals surface area contributed by atoms with Gasteiger partial charge in [0.1, 0.15) is 0 Å². The number of halogens is 1. The zero-order valence-corrected chi connectivity index (χ0v) is 9.22. The van der Waals surface area contributed by atoms with E-state index in [1.165, 1.54) is 44.9 Å². The van der Waals surface area contributed by atoms with E-state index in [0.717, 1.165) is 3.92 Å². The van der Waals surface area contributed by atoms with Crippen molar-refractivity contribution < 1.29 is 0 Å². The Hall–Kier alpha value is 0.690. The van der Waals surface area contributed by atoms with Gasteiger partial charge in [0.25, 0.3) is 0 Å². The van der Waals surface area contributed by atoms with Gasteiger partial charge in [-0.1, -0.05) is 41.9 Å². The molecule has 0 aromatic carbocycles. The minimum Gasteiger partial charge on any atom is -0.328 e. The molecule has 0 aromatic heterocycles. The first kappa shape index (κ1) is 9.78. The molecule has 0 amide bonds. The predicted molar refractivity (Wildman–Crippen MR) is 58.1 cm³/mol. The van der Waals surface area contributed by atoms with Gasteiger partial charge in [0.15, 0.2) is 0 Å². The smallest absolute Gasteiger partial charge is 0.0110 e. The molecular formula is C9H18IN. The summed E-state index contributed by atoms with van der Waals surface area (Å²) in [4.78, 5) is 0. The van der Waals surface area contributed by atoms with E-state index >= 15 is 0 Å². The third-order valence-electron chi connectivity index (χ3n) is 2.43. The number of alkyl halides is 1. The predicted octanol–water partition coefficient (Wildman–Crippen LogP) is 2.86. The van der Waals surface area contributed by atoms with Crippen molar-refractivity contribution in [3.63, 3.8) is 0 Å². The number of hydrogen-bond acceptors (Lipinski definition) is 1. The Bertz CT molecular complexity index is 93.7. The summed E-state index contributed by atoms with van der Waals surface area (Å²) in [7, 11) is 0. The monoisotopic (exact) mass is 267 g/mol. The van der Waals surface area contributed by atoms with Gasteiger partial charge in [-0.05, 0) is 25.7 Å². The zero-order chi connectivity index (χ0) is 8.10. The molecule has 0 radical (unpaired) electrons. The van der Waals surface area contributed by atoms with E-state index in [-0.39, 0.29) is 0 Å². The van der Waals surface area contributed by atoms with E-state index in [1.54, 1.807) is 0 Å². The minimum absolute atomic E-state index is 0.497. The van der Waals surface area contributed by atoms with Crippen LogP contribution < -0.4 is 5.73 Å². The fourth-order valence-electron chi connectivity index (χ4n) is 1.66. The maximum atomic E-state index is 5.92. The highest BCUT2D eigenvalue weighted by molar-refractivity contribution is 14.1. The van der Waals surface area contributed by atoms with Gasteiger partial charge in [0.2, 0.25) is 0 Å². The van der Waals surface area contributed by atoms with Crippen molar-refractivity contribution in [2.24, 2.45) is 5.73 Å². The number of nitrogens with two attached hydrogens (primary N) is 1. The third-order valence-corrected chi connectivity index (χ3v) is 3.68. The van der Waals surface area contributed by atoms with Gasteiger partial charge < -0.3 is 5.73 Å². The Labute approximate surface area is 83.3 Å². The molecule has 11 heavy (non-hydrogen) atoms. The molecule has 2 N–H and O–H groups in total. The van der Waals surface area contributed by atoms with Crippen LogP contribution in [0.5, 0.6) is 0 Å². The van der Waals surface area contributed by atoms with Crippen molar-refractivity contribution in [2.75, 3.05) is 0 Å². The van der Waals surface area contributed by atoms with Crippen molar-refractivity contribution in [3.05, 3.63) is 0 Å². The lowest BCUT2D eigenvalue weighted by atomic mass is 10.1. The van der Waals surface area contributed by atoms with Crippen LogP contribution in [0.25, 0.3) is 0 Å². The van der Waals surface area contributed by atoms with Crippen molar-refractivity contribution >= 4 is 22.6 Å². The summed E-state index contributed by atoms with van der Waals surface area (Å²) >= 11 is 2.58. The normalized spacial score (nSPS) is 35.5. The Morgan fingerprint density at radius 2 is 1.45 bits per heavy atom. The molecule has 0 bridgehead atoms. The lowest BCUT2D eigenvalue weighted by Crippen LogP contribution is -2.18. The highest BCUT2D eigenvalue weighted by Gasteiger charge is 2.09. The fraction of sp³-hybridized carbons (Fsp3) is 1.00. The lowest BCUT2D eigenvalue weighted by molar-refractivity contribution is 0.534. The summed E-state index contributed by atoms with van der Waals surface area (Å²) in [6.07, 6.45) is 9.38. The van der Waals surface area contributed by atoms with Crippen LogP contribution in [0.2, 0.25) is 0 Å². The summed E-state index contributed by atoms with van der Waals surface area (Å²) in [6, 6.07) is 0.497. The van der Waals surface area contributed by atoms with Gasteiger partial charge in [0, 0.05) is 9.97 Å². The van der Waals surface area contributed by atoms with E-state index in [2.05, 4.69) is 22.6 Å². The molecule has 0 spiro atoms. The first-order chi connectivity index (χ1) is 5.29. The Balaban J connectivity index is 2.24. The van der Waals surface area contributed by atoms with E-state index in [4.69, 9.17) is 5.73 Å². The third kappa shape index (κ3) is 4.31. The van der Waals surface area contributed by atoms with Crippen molar-refractivity contribution in [3.8, 4) is 0 Å². The molecule has 0 heterocycles. The second-order valence-electron chi connectivity index (χ2n) is 3.57. The maximum Gasteiger partial charge on any atom is 0.0110 e. The van der Waals surface area contributed by atoms with Crippen LogP contribution in [0.4, 0.5) is 0 Å². The largest absolute Gasteiger partial charge is 0.328 e. The molecule has 1 aliphatic rings. The molecule has 2 unspecified atom stereocenters. The summed E-state index contributed by atoms with van der Waals surface area (Å²) < 4.78 is 0.915. The minimum atomic E-state index is 0.497. The zero-order valence-electron chi connectivity index (χ0n) is 7.06. The van der Waals surface area contributed by atoms with Crippen LogP contribution in [-0.2, 0) is 0 Å². The fourth-order valence-corrected chi connectivity index (χ4v) is 2.54. The molecule has 1 fully saturated rings. The van der Waals surface area contributed by atoms with E-state index < -0.39 is 0 Å². The van der Waals surface area contributed by atoms with Gasteiger partial charge in [-0.2, -0.15) is 0 Å². The van der Waals surface area contributed by atoms with Gasteiger partial charge in [0.05, 0.1) is 0 Å². The van der Waals surface area contributed by atoms with E-state index in [1.807, 2.05) is 0 Å². The lowest BCUT2D eigenvalue weighted by Gasteiger charge is -2.08. The SMILES string of the molecule is NC1CCCCC(I)CCC1. The van der Waals surface area contributed by atoms with Crippen molar-refractivity contribution in [2.45, 2.75) is 54.9 Å². The van der Waals surface area contributed by atoms with Gasteiger partial charge >= 0.3 is 0 Å². The summed E-state index contributed by atoms with van der Waals surface area (Å²) in [5.74, 6) is 0. The average Bonchev–Trinajstić information content (AvgIpc) is 2.04. The highest BCUT2D eigenvalue weighted by Crippen LogP contribution is 2.21. The van der Waals surface area contributed by atoms with Crippen molar-refractivity contribution in [1.29, 1.82) is 0 Å². The maximum absolute atomic E-state index is 5.92. The van der Waals surface area contributed by atoms with E-state index in [0.29, 0.717) is 6.04 Å². The first-order valence-electron chi connectivity index (χ1n) is 4.68. The molecule has 1 saturated carbocycles. The standard InChI is InChI=1S/C9H18IN/c10-8-4-1-2-6-9(11)7-3-5-8/h8-9H,1-7,11H2. The molecule has 0 saturated heterocycles. The highest BCUT2D eigenvalue weighted by atomic mass is 127.